The van der Waals surface area contributed by atoms with Gasteiger partial charge in [-0.3, -0.25) is 4.79 Å². The third-order valence-corrected chi connectivity index (χ3v) is 2.98. The lowest BCUT2D eigenvalue weighted by Gasteiger charge is -2.19. The maximum Gasteiger partial charge on any atom is 0.251 e. The van der Waals surface area contributed by atoms with Crippen LogP contribution in [0.4, 0.5) is 5.82 Å². The van der Waals surface area contributed by atoms with E-state index in [9.17, 15) is 4.79 Å². The Morgan fingerprint density at radius 1 is 1.37 bits per heavy atom. The van der Waals surface area contributed by atoms with Gasteiger partial charge >= 0.3 is 0 Å². The number of anilines is 1. The van der Waals surface area contributed by atoms with Crippen molar-refractivity contribution in [3.05, 3.63) is 23.9 Å². The van der Waals surface area contributed by atoms with E-state index in [4.69, 9.17) is 0 Å². The maximum atomic E-state index is 12.0. The molecule has 0 aromatic carbocycles. The molecule has 0 unspecified atom stereocenters. The van der Waals surface area contributed by atoms with E-state index in [1.54, 1.807) is 25.4 Å². The highest BCUT2D eigenvalue weighted by Gasteiger charge is 2.07. The number of amides is 1. The van der Waals surface area contributed by atoms with Gasteiger partial charge in [0, 0.05) is 31.9 Å². The minimum atomic E-state index is -0.0496. The fourth-order valence-electron chi connectivity index (χ4n) is 1.88. The smallest absolute Gasteiger partial charge is 0.251 e. The minimum absolute atomic E-state index is 0.0496. The lowest BCUT2D eigenvalue weighted by molar-refractivity contribution is 0.0948. The summed E-state index contributed by atoms with van der Waals surface area (Å²) >= 11 is 0. The number of nitrogens with one attached hydrogen (secondary N) is 2. The van der Waals surface area contributed by atoms with Crippen LogP contribution in [-0.4, -0.2) is 49.0 Å². The molecule has 1 aromatic rings. The van der Waals surface area contributed by atoms with Gasteiger partial charge in [0.15, 0.2) is 0 Å². The van der Waals surface area contributed by atoms with E-state index in [1.807, 2.05) is 0 Å². The van der Waals surface area contributed by atoms with E-state index in [1.165, 1.54) is 0 Å². The van der Waals surface area contributed by atoms with Crippen LogP contribution in [0, 0.1) is 0 Å². The van der Waals surface area contributed by atoms with E-state index in [0.717, 1.165) is 26.1 Å². The second-order valence-corrected chi connectivity index (χ2v) is 4.37. The first kappa shape index (κ1) is 15.4. The van der Waals surface area contributed by atoms with Crippen LogP contribution in [0.3, 0.4) is 0 Å². The molecule has 0 aliphatic rings. The molecule has 0 fully saturated rings. The Bertz CT molecular complexity index is 395. The van der Waals surface area contributed by atoms with Crippen LogP contribution in [0.5, 0.6) is 0 Å². The molecule has 0 atom stereocenters. The predicted octanol–water partition coefficient (Wildman–Crippen LogP) is 1.58. The quantitative estimate of drug-likeness (QED) is 0.748. The molecule has 0 bridgehead atoms. The summed E-state index contributed by atoms with van der Waals surface area (Å²) < 4.78 is 0. The molecule has 0 radical (unpaired) electrons. The lowest BCUT2D eigenvalue weighted by Crippen LogP contribution is -2.35. The highest BCUT2D eigenvalue weighted by atomic mass is 16.1. The van der Waals surface area contributed by atoms with E-state index < -0.39 is 0 Å². The van der Waals surface area contributed by atoms with Gasteiger partial charge in [-0.05, 0) is 31.6 Å². The Morgan fingerprint density at radius 3 is 2.79 bits per heavy atom. The standard InChI is InChI=1S/C14H24N4O/c1-4-9-18(5-2)10-8-17-14(19)12-6-7-16-13(11-12)15-3/h6-7,11H,4-5,8-10H2,1-3H3,(H,15,16)(H,17,19). The summed E-state index contributed by atoms with van der Waals surface area (Å²) in [4.78, 5) is 18.4. The zero-order valence-electron chi connectivity index (χ0n) is 12.1. The molecule has 1 heterocycles. The molecule has 1 rings (SSSR count). The Balaban J connectivity index is 2.42. The fourth-order valence-corrected chi connectivity index (χ4v) is 1.88. The summed E-state index contributed by atoms with van der Waals surface area (Å²) in [7, 11) is 1.79. The van der Waals surface area contributed by atoms with Crippen LogP contribution < -0.4 is 10.6 Å². The average Bonchev–Trinajstić information content (AvgIpc) is 2.46. The van der Waals surface area contributed by atoms with Gasteiger partial charge in [0.05, 0.1) is 0 Å². The van der Waals surface area contributed by atoms with E-state index in [0.29, 0.717) is 17.9 Å². The Labute approximate surface area is 115 Å². The van der Waals surface area contributed by atoms with Crippen molar-refractivity contribution < 1.29 is 4.79 Å². The largest absolute Gasteiger partial charge is 0.373 e. The van der Waals surface area contributed by atoms with Crippen LogP contribution in [0.15, 0.2) is 18.3 Å². The van der Waals surface area contributed by atoms with Crippen molar-refractivity contribution in [1.82, 2.24) is 15.2 Å². The molecule has 106 valence electrons. The molecule has 0 aliphatic carbocycles. The van der Waals surface area contributed by atoms with Gasteiger partial charge in [0.1, 0.15) is 5.82 Å². The second kappa shape index (κ2) is 8.48. The molecule has 0 saturated carbocycles. The Kier molecular flexibility index (Phi) is 6.89. The number of aromatic nitrogens is 1. The van der Waals surface area contributed by atoms with Gasteiger partial charge in [0.25, 0.3) is 5.91 Å². The first-order valence-corrected chi connectivity index (χ1v) is 6.85. The van der Waals surface area contributed by atoms with Crippen molar-refractivity contribution in [3.8, 4) is 0 Å². The van der Waals surface area contributed by atoms with Crippen LogP contribution >= 0.6 is 0 Å². The first-order valence-electron chi connectivity index (χ1n) is 6.85. The zero-order chi connectivity index (χ0) is 14.1. The van der Waals surface area contributed by atoms with Gasteiger partial charge in [-0.25, -0.2) is 4.98 Å². The molecular weight excluding hydrogens is 240 g/mol. The summed E-state index contributed by atoms with van der Waals surface area (Å²) in [6, 6.07) is 3.47. The summed E-state index contributed by atoms with van der Waals surface area (Å²) in [6.45, 7) is 7.95. The SMILES string of the molecule is CCCN(CC)CCNC(=O)c1ccnc(NC)c1. The topological polar surface area (TPSA) is 57.3 Å². The highest BCUT2D eigenvalue weighted by Crippen LogP contribution is 2.05. The van der Waals surface area contributed by atoms with Crippen molar-refractivity contribution in [2.45, 2.75) is 20.3 Å². The van der Waals surface area contributed by atoms with Gasteiger partial charge in [-0.2, -0.15) is 0 Å². The number of hydrogen-bond donors (Lipinski definition) is 2. The van der Waals surface area contributed by atoms with Crippen LogP contribution in [0.1, 0.15) is 30.6 Å². The van der Waals surface area contributed by atoms with Crippen molar-refractivity contribution in [1.29, 1.82) is 0 Å². The molecule has 0 aliphatic heterocycles. The van der Waals surface area contributed by atoms with E-state index >= 15 is 0 Å². The first-order chi connectivity index (χ1) is 9.21. The summed E-state index contributed by atoms with van der Waals surface area (Å²) in [5.74, 6) is 0.653. The van der Waals surface area contributed by atoms with Gasteiger partial charge in [0.2, 0.25) is 0 Å². The van der Waals surface area contributed by atoms with Crippen LogP contribution in [0.25, 0.3) is 0 Å². The van der Waals surface area contributed by atoms with Gasteiger partial charge in [-0.1, -0.05) is 13.8 Å². The molecule has 1 aromatic heterocycles. The van der Waals surface area contributed by atoms with Crippen molar-refractivity contribution in [2.24, 2.45) is 0 Å². The third-order valence-electron chi connectivity index (χ3n) is 2.98. The lowest BCUT2D eigenvalue weighted by atomic mass is 10.2. The average molecular weight is 264 g/mol. The number of rotatable bonds is 8. The molecule has 0 spiro atoms. The third kappa shape index (κ3) is 5.26. The number of pyridine rings is 1. The Morgan fingerprint density at radius 2 is 2.16 bits per heavy atom. The molecule has 5 heteroatoms. The maximum absolute atomic E-state index is 12.0. The molecule has 5 nitrogen and oxygen atoms in total. The number of carbonyl (C=O) groups excluding carboxylic acids is 1. The van der Waals surface area contributed by atoms with Crippen LogP contribution in [0.2, 0.25) is 0 Å². The fraction of sp³-hybridized carbons (Fsp3) is 0.571. The monoisotopic (exact) mass is 264 g/mol. The Hall–Kier alpha value is -1.62. The normalized spacial score (nSPS) is 10.5. The molecule has 1 amide bonds. The van der Waals surface area contributed by atoms with Crippen LogP contribution in [-0.2, 0) is 0 Å². The van der Waals surface area contributed by atoms with Gasteiger partial charge < -0.3 is 15.5 Å². The molecular formula is C14H24N4O. The zero-order valence-corrected chi connectivity index (χ0v) is 12.1. The molecule has 2 N–H and O–H groups in total. The summed E-state index contributed by atoms with van der Waals surface area (Å²) in [5, 5.41) is 5.86. The minimum Gasteiger partial charge on any atom is -0.373 e. The summed E-state index contributed by atoms with van der Waals surface area (Å²) in [6.07, 6.45) is 2.77. The second-order valence-electron chi connectivity index (χ2n) is 4.37. The summed E-state index contributed by atoms with van der Waals surface area (Å²) in [5.41, 5.74) is 0.637. The van der Waals surface area contributed by atoms with E-state index in [-0.39, 0.29) is 5.91 Å². The van der Waals surface area contributed by atoms with Gasteiger partial charge in [-0.15, -0.1) is 0 Å². The highest BCUT2D eigenvalue weighted by molar-refractivity contribution is 5.94. The van der Waals surface area contributed by atoms with Crippen molar-refractivity contribution >= 4 is 11.7 Å². The number of carbonyl (C=O) groups is 1. The molecule has 19 heavy (non-hydrogen) atoms. The molecule has 0 saturated heterocycles. The number of likely N-dealkylation sites (N-methyl/N-ethyl adjacent to an activating group) is 1. The van der Waals surface area contributed by atoms with E-state index in [2.05, 4.69) is 34.4 Å². The number of hydrogen-bond acceptors (Lipinski definition) is 4. The number of nitrogens with zero attached hydrogens (tertiary/aromatic N) is 2. The predicted molar refractivity (Wildman–Crippen MR) is 78.5 cm³/mol. The van der Waals surface area contributed by atoms with Crippen molar-refractivity contribution in [2.75, 3.05) is 38.5 Å². The van der Waals surface area contributed by atoms with Crippen molar-refractivity contribution in [3.63, 3.8) is 0 Å².